The molecule has 114 valence electrons. The minimum atomic E-state index is -0.416. The third-order valence-electron chi connectivity index (χ3n) is 3.50. The molecule has 5 nitrogen and oxygen atoms in total. The minimum absolute atomic E-state index is 0.147. The van der Waals surface area contributed by atoms with E-state index in [9.17, 15) is 9.59 Å². The number of anilines is 1. The largest absolute Gasteiger partial charge is 0.382 e. The van der Waals surface area contributed by atoms with Crippen LogP contribution in [0.2, 0.25) is 0 Å². The van der Waals surface area contributed by atoms with E-state index in [2.05, 4.69) is 5.32 Å². The maximum Gasteiger partial charge on any atom is 0.251 e. The van der Waals surface area contributed by atoms with Crippen molar-refractivity contribution in [2.75, 3.05) is 24.7 Å². The average Bonchev–Trinajstić information content (AvgIpc) is 2.75. The van der Waals surface area contributed by atoms with Gasteiger partial charge in [-0.1, -0.05) is 17.7 Å². The number of carbonyl (C=O) groups is 2. The second kappa shape index (κ2) is 7.33. The fourth-order valence-electron chi connectivity index (χ4n) is 2.35. The van der Waals surface area contributed by atoms with Gasteiger partial charge in [0.15, 0.2) is 0 Å². The van der Waals surface area contributed by atoms with E-state index in [0.717, 1.165) is 12.0 Å². The van der Waals surface area contributed by atoms with Crippen LogP contribution >= 0.6 is 0 Å². The molecule has 5 heteroatoms. The Morgan fingerprint density at radius 1 is 1.29 bits per heavy atom. The standard InChI is InChI=1S/C16H22N2O3/c1-3-21-10-4-9-17-14-11-15(19)18(16(14)20)13-7-5-12(2)6-8-13/h5-8,14,17H,3-4,9-11H2,1-2H3. The third kappa shape index (κ3) is 3.89. The molecule has 0 spiro atoms. The van der Waals surface area contributed by atoms with Crippen molar-refractivity contribution in [2.24, 2.45) is 0 Å². The quantitative estimate of drug-likeness (QED) is 0.613. The summed E-state index contributed by atoms with van der Waals surface area (Å²) in [5.74, 6) is -0.313. The smallest absolute Gasteiger partial charge is 0.251 e. The van der Waals surface area contributed by atoms with Crippen LogP contribution in [0.1, 0.15) is 25.3 Å². The number of hydrogen-bond acceptors (Lipinski definition) is 4. The third-order valence-corrected chi connectivity index (χ3v) is 3.50. The van der Waals surface area contributed by atoms with Crippen molar-refractivity contribution in [2.45, 2.75) is 32.7 Å². The van der Waals surface area contributed by atoms with Crippen LogP contribution in [-0.2, 0) is 14.3 Å². The summed E-state index contributed by atoms with van der Waals surface area (Å²) in [4.78, 5) is 25.7. The van der Waals surface area contributed by atoms with Crippen molar-refractivity contribution >= 4 is 17.5 Å². The van der Waals surface area contributed by atoms with Crippen LogP contribution in [0, 0.1) is 6.92 Å². The minimum Gasteiger partial charge on any atom is -0.382 e. The van der Waals surface area contributed by atoms with Crippen molar-refractivity contribution in [3.8, 4) is 0 Å². The van der Waals surface area contributed by atoms with Gasteiger partial charge in [0, 0.05) is 13.2 Å². The molecular weight excluding hydrogens is 268 g/mol. The number of amides is 2. The van der Waals surface area contributed by atoms with Gasteiger partial charge in [0.05, 0.1) is 18.2 Å². The molecule has 0 aliphatic carbocycles. The normalized spacial score (nSPS) is 18.6. The van der Waals surface area contributed by atoms with Gasteiger partial charge in [-0.3, -0.25) is 9.59 Å². The molecule has 0 aromatic heterocycles. The molecule has 1 aliphatic rings. The molecule has 1 saturated heterocycles. The Balaban J connectivity index is 1.92. The average molecular weight is 290 g/mol. The van der Waals surface area contributed by atoms with Crippen LogP contribution in [0.3, 0.4) is 0 Å². The molecule has 0 radical (unpaired) electrons. The molecule has 1 atom stereocenters. The first-order valence-electron chi connectivity index (χ1n) is 7.38. The molecule has 2 amide bonds. The first-order chi connectivity index (χ1) is 10.1. The van der Waals surface area contributed by atoms with Gasteiger partial charge in [-0.15, -0.1) is 0 Å². The van der Waals surface area contributed by atoms with Gasteiger partial charge < -0.3 is 10.1 Å². The number of rotatable bonds is 7. The first-order valence-corrected chi connectivity index (χ1v) is 7.38. The van der Waals surface area contributed by atoms with E-state index in [0.29, 0.717) is 25.4 Å². The number of aryl methyl sites for hydroxylation is 1. The highest BCUT2D eigenvalue weighted by atomic mass is 16.5. The SMILES string of the molecule is CCOCCCNC1CC(=O)N(c2ccc(C)cc2)C1=O. The molecule has 1 aliphatic heterocycles. The molecule has 1 heterocycles. The van der Waals surface area contributed by atoms with Gasteiger partial charge in [0.2, 0.25) is 5.91 Å². The Labute approximate surface area is 125 Å². The predicted octanol–water partition coefficient (Wildman–Crippen LogP) is 1.64. The molecule has 1 fully saturated rings. The Kier molecular flexibility index (Phi) is 5.47. The lowest BCUT2D eigenvalue weighted by atomic mass is 10.2. The number of nitrogens with one attached hydrogen (secondary N) is 1. The lowest BCUT2D eigenvalue weighted by Crippen LogP contribution is -2.39. The summed E-state index contributed by atoms with van der Waals surface area (Å²) in [5, 5.41) is 3.14. The molecule has 1 aromatic rings. The van der Waals surface area contributed by atoms with Crippen molar-refractivity contribution in [1.82, 2.24) is 5.32 Å². The van der Waals surface area contributed by atoms with Gasteiger partial charge in [0.25, 0.3) is 5.91 Å². The van der Waals surface area contributed by atoms with E-state index in [4.69, 9.17) is 4.74 Å². The second-order valence-corrected chi connectivity index (χ2v) is 5.16. The predicted molar refractivity (Wildman–Crippen MR) is 81.2 cm³/mol. The molecule has 0 bridgehead atoms. The highest BCUT2D eigenvalue weighted by Gasteiger charge is 2.38. The number of nitrogens with zero attached hydrogens (tertiary/aromatic N) is 1. The monoisotopic (exact) mass is 290 g/mol. The van der Waals surface area contributed by atoms with Crippen LogP contribution in [0.5, 0.6) is 0 Å². The van der Waals surface area contributed by atoms with Crippen LogP contribution in [0.15, 0.2) is 24.3 Å². The summed E-state index contributed by atoms with van der Waals surface area (Å²) in [6.07, 6.45) is 1.05. The maximum absolute atomic E-state index is 12.3. The zero-order valence-electron chi connectivity index (χ0n) is 12.6. The van der Waals surface area contributed by atoms with Crippen molar-refractivity contribution in [3.05, 3.63) is 29.8 Å². The van der Waals surface area contributed by atoms with Gasteiger partial charge >= 0.3 is 0 Å². The van der Waals surface area contributed by atoms with E-state index in [1.807, 2.05) is 38.1 Å². The lowest BCUT2D eigenvalue weighted by molar-refractivity contribution is -0.121. The van der Waals surface area contributed by atoms with Gasteiger partial charge in [0.1, 0.15) is 0 Å². The number of imide groups is 1. The maximum atomic E-state index is 12.3. The summed E-state index contributed by atoms with van der Waals surface area (Å²) >= 11 is 0. The van der Waals surface area contributed by atoms with Crippen LogP contribution in [0.25, 0.3) is 0 Å². The summed E-state index contributed by atoms with van der Waals surface area (Å²) < 4.78 is 5.25. The molecule has 1 unspecified atom stereocenters. The summed E-state index contributed by atoms with van der Waals surface area (Å²) in [6, 6.07) is 7.00. The molecule has 0 saturated carbocycles. The molecule has 2 rings (SSSR count). The fourth-order valence-corrected chi connectivity index (χ4v) is 2.35. The van der Waals surface area contributed by atoms with E-state index in [-0.39, 0.29) is 18.2 Å². The topological polar surface area (TPSA) is 58.6 Å². The highest BCUT2D eigenvalue weighted by Crippen LogP contribution is 2.23. The zero-order chi connectivity index (χ0) is 15.2. The second-order valence-electron chi connectivity index (χ2n) is 5.16. The first kappa shape index (κ1) is 15.7. The number of benzene rings is 1. The molecule has 1 aromatic carbocycles. The Morgan fingerprint density at radius 3 is 2.67 bits per heavy atom. The zero-order valence-corrected chi connectivity index (χ0v) is 12.6. The van der Waals surface area contributed by atoms with Gasteiger partial charge in [-0.05, 0) is 38.9 Å². The summed E-state index contributed by atoms with van der Waals surface area (Å²) in [6.45, 7) is 5.96. The van der Waals surface area contributed by atoms with Gasteiger partial charge in [-0.2, -0.15) is 0 Å². The highest BCUT2D eigenvalue weighted by molar-refractivity contribution is 6.22. The van der Waals surface area contributed by atoms with Crippen LogP contribution in [0.4, 0.5) is 5.69 Å². The molecule has 21 heavy (non-hydrogen) atoms. The van der Waals surface area contributed by atoms with E-state index < -0.39 is 6.04 Å². The van der Waals surface area contributed by atoms with Crippen LogP contribution < -0.4 is 10.2 Å². The fraction of sp³-hybridized carbons (Fsp3) is 0.500. The Bertz CT molecular complexity index is 499. The van der Waals surface area contributed by atoms with Crippen molar-refractivity contribution < 1.29 is 14.3 Å². The summed E-state index contributed by atoms with van der Waals surface area (Å²) in [5.41, 5.74) is 1.75. The van der Waals surface area contributed by atoms with Gasteiger partial charge in [-0.25, -0.2) is 4.90 Å². The number of hydrogen-bond donors (Lipinski definition) is 1. The summed E-state index contributed by atoms with van der Waals surface area (Å²) in [7, 11) is 0. The number of carbonyl (C=O) groups excluding carboxylic acids is 2. The number of ether oxygens (including phenoxy) is 1. The van der Waals surface area contributed by atoms with Crippen molar-refractivity contribution in [1.29, 1.82) is 0 Å². The lowest BCUT2D eigenvalue weighted by Gasteiger charge is -2.15. The Morgan fingerprint density at radius 2 is 2.00 bits per heavy atom. The van der Waals surface area contributed by atoms with Crippen molar-refractivity contribution in [3.63, 3.8) is 0 Å². The molecule has 1 N–H and O–H groups in total. The van der Waals surface area contributed by atoms with E-state index in [1.54, 1.807) is 0 Å². The van der Waals surface area contributed by atoms with Crippen LogP contribution in [-0.4, -0.2) is 37.6 Å². The van der Waals surface area contributed by atoms with E-state index in [1.165, 1.54) is 4.90 Å². The Hall–Kier alpha value is -1.72. The molecular formula is C16H22N2O3. The van der Waals surface area contributed by atoms with E-state index >= 15 is 0 Å².